The van der Waals surface area contributed by atoms with Gasteiger partial charge in [0.1, 0.15) is 6.10 Å². The normalized spacial score (nSPS) is 37.3. The van der Waals surface area contributed by atoms with Crippen LogP contribution in [0.4, 0.5) is 5.69 Å². The summed E-state index contributed by atoms with van der Waals surface area (Å²) >= 11 is 0. The fourth-order valence-electron chi connectivity index (χ4n) is 9.75. The zero-order chi connectivity index (χ0) is 27.9. The molecule has 0 amide bonds. The number of benzene rings is 1. The van der Waals surface area contributed by atoms with Crippen molar-refractivity contribution >= 4 is 11.7 Å². The molecule has 2 N–H and O–H groups in total. The van der Waals surface area contributed by atoms with Gasteiger partial charge in [-0.25, -0.2) is 10.0 Å². The van der Waals surface area contributed by atoms with E-state index >= 15 is 0 Å². The molecule has 1 aromatic carbocycles. The van der Waals surface area contributed by atoms with Gasteiger partial charge in [-0.1, -0.05) is 71.6 Å². The van der Waals surface area contributed by atoms with Crippen LogP contribution in [0.3, 0.4) is 0 Å². The second-order valence-electron chi connectivity index (χ2n) is 14.4. The number of carbonyl (C=O) groups excluding carboxylic acids is 1. The molecule has 5 rings (SSSR count). The van der Waals surface area contributed by atoms with Crippen LogP contribution in [0.25, 0.3) is 0 Å². The molecule has 0 aliphatic heterocycles. The molecule has 1 aromatic rings. The largest absolute Gasteiger partial charge is 0.595 e. The van der Waals surface area contributed by atoms with E-state index in [9.17, 15) is 15.2 Å². The van der Waals surface area contributed by atoms with Crippen LogP contribution in [0.15, 0.2) is 35.9 Å². The first-order valence-corrected chi connectivity index (χ1v) is 15.8. The van der Waals surface area contributed by atoms with Gasteiger partial charge in [-0.2, -0.15) is 5.23 Å². The molecule has 0 aromatic heterocycles. The molecule has 0 saturated heterocycles. The molecule has 216 valence electrons. The first-order valence-electron chi connectivity index (χ1n) is 15.8. The zero-order valence-electron chi connectivity index (χ0n) is 24.9. The van der Waals surface area contributed by atoms with Crippen molar-refractivity contribution in [1.29, 1.82) is 0 Å². The van der Waals surface area contributed by atoms with Crippen molar-refractivity contribution < 1.29 is 20.0 Å². The van der Waals surface area contributed by atoms with E-state index in [0.29, 0.717) is 11.0 Å². The molecule has 0 radical (unpaired) electrons. The van der Waals surface area contributed by atoms with Gasteiger partial charge in [0.2, 0.25) is 0 Å². The lowest BCUT2D eigenvalue weighted by atomic mass is 9.47. The summed E-state index contributed by atoms with van der Waals surface area (Å²) in [6, 6.07) is 6.18. The molecule has 9 atom stereocenters. The molecule has 3 fully saturated rings. The minimum atomic E-state index is -1.03. The van der Waals surface area contributed by atoms with Crippen LogP contribution in [0, 0.1) is 51.5 Å². The van der Waals surface area contributed by atoms with Crippen molar-refractivity contribution in [1.82, 2.24) is 0 Å². The fraction of sp³-hybridized carbons (Fsp3) is 0.735. The van der Waals surface area contributed by atoms with Crippen LogP contribution in [-0.2, 0) is 4.74 Å². The van der Waals surface area contributed by atoms with Crippen molar-refractivity contribution in [2.45, 2.75) is 111 Å². The molecular formula is C34H51NO4. The number of carbonyl (C=O) groups is 1. The van der Waals surface area contributed by atoms with Crippen molar-refractivity contribution in [3.05, 3.63) is 46.7 Å². The van der Waals surface area contributed by atoms with Gasteiger partial charge in [0, 0.05) is 18.6 Å². The maximum Gasteiger partial charge on any atom is 0.338 e. The summed E-state index contributed by atoms with van der Waals surface area (Å²) in [5, 5.41) is 19.6. The van der Waals surface area contributed by atoms with E-state index in [1.165, 1.54) is 69.1 Å². The van der Waals surface area contributed by atoms with Crippen molar-refractivity contribution in [3.8, 4) is 0 Å². The Kier molecular flexibility index (Phi) is 8.35. The van der Waals surface area contributed by atoms with Gasteiger partial charge in [-0.15, -0.1) is 0 Å². The summed E-state index contributed by atoms with van der Waals surface area (Å²) < 4.78 is 5.94. The van der Waals surface area contributed by atoms with Gasteiger partial charge in [0.05, 0.1) is 5.56 Å². The Bertz CT molecular complexity index is 1070. The minimum Gasteiger partial charge on any atom is -0.595 e. The highest BCUT2D eigenvalue weighted by molar-refractivity contribution is 5.90. The van der Waals surface area contributed by atoms with Crippen molar-refractivity contribution in [2.75, 3.05) is 0 Å². The summed E-state index contributed by atoms with van der Waals surface area (Å²) in [6.07, 6.45) is 16.1. The van der Waals surface area contributed by atoms with E-state index < -0.39 is 11.2 Å². The Hall–Kier alpha value is -1.69. The lowest BCUT2D eigenvalue weighted by Gasteiger charge is -2.58. The molecule has 4 aliphatic carbocycles. The second kappa shape index (κ2) is 11.3. The summed E-state index contributed by atoms with van der Waals surface area (Å²) in [6.45, 7) is 12.4. The first-order chi connectivity index (χ1) is 18.5. The maximum absolute atomic E-state index is 12.9. The highest BCUT2D eigenvalue weighted by Crippen LogP contribution is 2.67. The Balaban J connectivity index is 1.24. The molecule has 5 nitrogen and oxygen atoms in total. The monoisotopic (exact) mass is 537 g/mol. The molecule has 0 spiro atoms. The average molecular weight is 538 g/mol. The van der Waals surface area contributed by atoms with Gasteiger partial charge in [-0.3, -0.25) is 0 Å². The van der Waals surface area contributed by atoms with Crippen molar-refractivity contribution in [2.24, 2.45) is 46.3 Å². The predicted octanol–water partition coefficient (Wildman–Crippen LogP) is 7.66. The lowest BCUT2D eigenvalue weighted by molar-refractivity contribution is -0.991. The van der Waals surface area contributed by atoms with E-state index in [4.69, 9.17) is 4.74 Å². The number of nitrogens with one attached hydrogen (secondary N) is 1. The zero-order valence-corrected chi connectivity index (χ0v) is 24.9. The van der Waals surface area contributed by atoms with Crippen LogP contribution in [0.1, 0.15) is 116 Å². The van der Waals surface area contributed by atoms with Crippen molar-refractivity contribution in [3.63, 3.8) is 0 Å². The van der Waals surface area contributed by atoms with Crippen LogP contribution in [-0.4, -0.2) is 17.3 Å². The summed E-state index contributed by atoms with van der Waals surface area (Å²) in [7, 11) is 0. The third-order valence-corrected chi connectivity index (χ3v) is 11.9. The number of hydrogen-bond donors (Lipinski definition) is 2. The van der Waals surface area contributed by atoms with E-state index in [1.807, 2.05) is 0 Å². The summed E-state index contributed by atoms with van der Waals surface area (Å²) in [5.41, 5.74) is 2.66. The molecular weight excluding hydrogens is 486 g/mol. The lowest BCUT2D eigenvalue weighted by Crippen LogP contribution is -2.99. The number of quaternary nitrogens is 1. The number of allylic oxidation sites excluding steroid dienone is 1. The Morgan fingerprint density at radius 1 is 1.10 bits per heavy atom. The molecule has 5 heteroatoms. The number of rotatable bonds is 8. The molecule has 0 heterocycles. The quantitative estimate of drug-likeness (QED) is 0.203. The Morgan fingerprint density at radius 3 is 2.64 bits per heavy atom. The van der Waals surface area contributed by atoms with E-state index in [2.05, 4.69) is 40.7 Å². The smallest absolute Gasteiger partial charge is 0.338 e. The Morgan fingerprint density at radius 2 is 1.90 bits per heavy atom. The number of ether oxygens (including phenoxy) is 1. The number of hydrogen-bond acceptors (Lipinski definition) is 4. The third-order valence-electron chi connectivity index (χ3n) is 11.9. The maximum atomic E-state index is 12.9. The van der Waals surface area contributed by atoms with Crippen LogP contribution < -0.4 is 5.23 Å². The molecule has 0 bridgehead atoms. The number of esters is 1. The van der Waals surface area contributed by atoms with Gasteiger partial charge < -0.3 is 9.94 Å². The average Bonchev–Trinajstić information content (AvgIpc) is 3.26. The molecule has 4 aliphatic rings. The highest BCUT2D eigenvalue weighted by atomic mass is 16.8. The molecule has 1 unspecified atom stereocenters. The Labute approximate surface area is 235 Å². The van der Waals surface area contributed by atoms with Gasteiger partial charge in [0.15, 0.2) is 5.69 Å². The second-order valence-corrected chi connectivity index (χ2v) is 14.4. The van der Waals surface area contributed by atoms with Crippen LogP contribution in [0.2, 0.25) is 0 Å². The third kappa shape index (κ3) is 5.48. The summed E-state index contributed by atoms with van der Waals surface area (Å²) in [5.74, 6) is 4.50. The topological polar surface area (TPSA) is 74.0 Å². The van der Waals surface area contributed by atoms with E-state index in [1.54, 1.807) is 12.1 Å². The van der Waals surface area contributed by atoms with Gasteiger partial charge in [-0.05, 0) is 97.3 Å². The highest BCUT2D eigenvalue weighted by Gasteiger charge is 2.59. The molecule has 39 heavy (non-hydrogen) atoms. The fourth-order valence-corrected chi connectivity index (χ4v) is 9.75. The standard InChI is InChI=1S/C34H51NO4/c1-22(2)8-6-9-23(3)29-14-15-30-28-13-12-25-21-27(16-18-33(25,4)31(28)17-19-34(29,30)5)39-32(36)24-10-7-11-26(20-24)35(37)38/h7,10-12,20,22-23,27-31,35,37H,6,8-9,13-19,21H2,1-5H3/t23-,27-,28+,29-,30+,31+,33-,34-/m0/s1. The van der Waals surface area contributed by atoms with Crippen LogP contribution >= 0.6 is 0 Å². The van der Waals surface area contributed by atoms with Gasteiger partial charge in [0.25, 0.3) is 0 Å². The van der Waals surface area contributed by atoms with Crippen LogP contribution in [0.5, 0.6) is 0 Å². The minimum absolute atomic E-state index is 0.116. The van der Waals surface area contributed by atoms with E-state index in [-0.39, 0.29) is 17.2 Å². The summed E-state index contributed by atoms with van der Waals surface area (Å²) in [4.78, 5) is 12.9. The SMILES string of the molecule is CC(C)CCC[C@H](C)[C@@H]1CC[C@@H]2[C@H]3CC=C4C[C@@H](OC(=O)c5cccc([NH+]([O-])O)c5)CC[C@]4(C)[C@@H]3CC[C@]21C. The first kappa shape index (κ1) is 28.8. The predicted molar refractivity (Wildman–Crippen MR) is 154 cm³/mol. The van der Waals surface area contributed by atoms with E-state index in [0.717, 1.165) is 54.8 Å². The molecule has 3 saturated carbocycles. The number of fused-ring (bicyclic) bond motifs is 5. The van der Waals surface area contributed by atoms with Gasteiger partial charge >= 0.3 is 5.97 Å².